The Morgan fingerprint density at radius 1 is 1.11 bits per heavy atom. The molecule has 3 aromatic rings. The van der Waals surface area contributed by atoms with E-state index in [1.54, 1.807) is 29.1 Å². The summed E-state index contributed by atoms with van der Waals surface area (Å²) in [6.07, 6.45) is 9.00. The molecule has 8 heteroatoms. The smallest absolute Gasteiger partial charge is 0.254 e. The zero-order chi connectivity index (χ0) is 25.1. The molecule has 1 saturated heterocycles. The van der Waals surface area contributed by atoms with Crippen molar-refractivity contribution in [3.63, 3.8) is 0 Å². The van der Waals surface area contributed by atoms with Crippen molar-refractivity contribution in [1.29, 1.82) is 0 Å². The lowest BCUT2D eigenvalue weighted by Crippen LogP contribution is -2.26. The topological polar surface area (TPSA) is 75.5 Å². The van der Waals surface area contributed by atoms with Crippen LogP contribution in [0.5, 0.6) is 11.5 Å². The standard InChI is InChI=1S/C28H32FN3O4/c1-18-11-24(35-16-22-14-31-26(15-30-22)20-6-7-20)13-28(33)32(18)19(2)21-8-9-27(25(29)12-21)36-17-23-5-3-4-10-34-23/h8-9,11-15,19-20,23H,3-7,10,16-17H2,1-2H3. The molecule has 2 aliphatic rings. The quantitative estimate of drug-likeness (QED) is 0.413. The first-order valence-corrected chi connectivity index (χ1v) is 12.7. The molecule has 5 rings (SSSR count). The van der Waals surface area contributed by atoms with Gasteiger partial charge in [0.2, 0.25) is 0 Å². The van der Waals surface area contributed by atoms with Gasteiger partial charge in [0.15, 0.2) is 11.6 Å². The van der Waals surface area contributed by atoms with Crippen molar-refractivity contribution in [2.24, 2.45) is 0 Å². The minimum atomic E-state index is -0.449. The molecule has 2 fully saturated rings. The number of benzene rings is 1. The van der Waals surface area contributed by atoms with Crippen molar-refractivity contribution < 1.29 is 18.6 Å². The second kappa shape index (κ2) is 10.8. The summed E-state index contributed by atoms with van der Waals surface area (Å²) in [7, 11) is 0. The van der Waals surface area contributed by atoms with E-state index in [2.05, 4.69) is 9.97 Å². The molecular formula is C28H32FN3O4. The fraction of sp³-hybridized carbons (Fsp3) is 0.464. The van der Waals surface area contributed by atoms with Gasteiger partial charge >= 0.3 is 0 Å². The first-order valence-electron chi connectivity index (χ1n) is 12.7. The van der Waals surface area contributed by atoms with Crippen LogP contribution in [0.4, 0.5) is 4.39 Å². The highest BCUT2D eigenvalue weighted by Gasteiger charge is 2.25. The molecule has 1 aliphatic heterocycles. The zero-order valence-corrected chi connectivity index (χ0v) is 20.8. The Hall–Kier alpha value is -3.26. The lowest BCUT2D eigenvalue weighted by Gasteiger charge is -2.23. The van der Waals surface area contributed by atoms with E-state index < -0.39 is 5.82 Å². The van der Waals surface area contributed by atoms with E-state index in [0.29, 0.717) is 29.5 Å². The number of aromatic nitrogens is 3. The monoisotopic (exact) mass is 493 g/mol. The molecular weight excluding hydrogens is 461 g/mol. The van der Waals surface area contributed by atoms with E-state index in [4.69, 9.17) is 14.2 Å². The van der Waals surface area contributed by atoms with Crippen molar-refractivity contribution in [1.82, 2.24) is 14.5 Å². The van der Waals surface area contributed by atoms with Crippen LogP contribution in [0.1, 0.15) is 73.6 Å². The van der Waals surface area contributed by atoms with E-state index >= 15 is 0 Å². The predicted molar refractivity (Wildman–Crippen MR) is 133 cm³/mol. The highest BCUT2D eigenvalue weighted by atomic mass is 19.1. The SMILES string of the molecule is Cc1cc(OCc2cnc(C3CC3)cn2)cc(=O)n1C(C)c1ccc(OCC2CCCCO2)c(F)c1. The molecule has 3 heterocycles. The second-order valence-electron chi connectivity index (χ2n) is 9.70. The molecule has 1 aromatic carbocycles. The van der Waals surface area contributed by atoms with Crippen LogP contribution in [0.25, 0.3) is 0 Å². The average molecular weight is 494 g/mol. The van der Waals surface area contributed by atoms with Crippen LogP contribution in [0, 0.1) is 12.7 Å². The number of hydrogen-bond acceptors (Lipinski definition) is 6. The average Bonchev–Trinajstić information content (AvgIpc) is 3.73. The maximum Gasteiger partial charge on any atom is 0.254 e. The van der Waals surface area contributed by atoms with Gasteiger partial charge in [-0.25, -0.2) is 4.39 Å². The number of halogens is 1. The summed E-state index contributed by atoms with van der Waals surface area (Å²) in [5.74, 6) is 0.766. The Balaban J connectivity index is 1.23. The van der Waals surface area contributed by atoms with Crippen molar-refractivity contribution >= 4 is 0 Å². The zero-order valence-electron chi connectivity index (χ0n) is 20.8. The van der Waals surface area contributed by atoms with Gasteiger partial charge in [-0.15, -0.1) is 0 Å². The van der Waals surface area contributed by atoms with Gasteiger partial charge in [-0.05, 0) is 69.7 Å². The summed E-state index contributed by atoms with van der Waals surface area (Å²) >= 11 is 0. The number of nitrogens with zero attached hydrogens (tertiary/aromatic N) is 3. The Morgan fingerprint density at radius 3 is 2.64 bits per heavy atom. The second-order valence-corrected chi connectivity index (χ2v) is 9.70. The van der Waals surface area contributed by atoms with Gasteiger partial charge < -0.3 is 18.8 Å². The first-order chi connectivity index (χ1) is 17.5. The number of hydrogen-bond donors (Lipinski definition) is 0. The van der Waals surface area contributed by atoms with Gasteiger partial charge in [-0.2, -0.15) is 0 Å². The van der Waals surface area contributed by atoms with Crippen molar-refractivity contribution in [3.8, 4) is 11.5 Å². The Kier molecular flexibility index (Phi) is 7.32. The van der Waals surface area contributed by atoms with E-state index in [1.165, 1.54) is 25.0 Å². The Labute approximate surface area is 210 Å². The van der Waals surface area contributed by atoms with Crippen LogP contribution in [-0.4, -0.2) is 33.9 Å². The fourth-order valence-corrected chi connectivity index (χ4v) is 4.61. The fourth-order valence-electron chi connectivity index (χ4n) is 4.61. The van der Waals surface area contributed by atoms with Crippen LogP contribution in [0.15, 0.2) is 47.5 Å². The van der Waals surface area contributed by atoms with Crippen LogP contribution < -0.4 is 15.0 Å². The third-order valence-electron chi connectivity index (χ3n) is 6.87. The summed E-state index contributed by atoms with van der Waals surface area (Å²) < 4.78 is 33.6. The van der Waals surface area contributed by atoms with Gasteiger partial charge in [0.05, 0.1) is 29.7 Å². The molecule has 0 radical (unpaired) electrons. The van der Waals surface area contributed by atoms with Gasteiger partial charge in [0, 0.05) is 30.5 Å². The molecule has 36 heavy (non-hydrogen) atoms. The highest BCUT2D eigenvalue weighted by Crippen LogP contribution is 2.38. The normalized spacial score (nSPS) is 18.6. The molecule has 2 atom stereocenters. The maximum atomic E-state index is 14.8. The summed E-state index contributed by atoms with van der Waals surface area (Å²) in [5, 5.41) is 0. The van der Waals surface area contributed by atoms with Crippen molar-refractivity contribution in [2.75, 3.05) is 13.2 Å². The number of pyridine rings is 1. The molecule has 2 unspecified atom stereocenters. The third kappa shape index (κ3) is 5.75. The number of rotatable bonds is 9. The molecule has 0 spiro atoms. The molecule has 0 bridgehead atoms. The molecule has 0 amide bonds. The van der Waals surface area contributed by atoms with E-state index in [9.17, 15) is 9.18 Å². The maximum absolute atomic E-state index is 14.8. The van der Waals surface area contributed by atoms with Crippen molar-refractivity contribution in [2.45, 2.75) is 70.6 Å². The molecule has 0 N–H and O–H groups in total. The largest absolute Gasteiger partial charge is 0.488 e. The van der Waals surface area contributed by atoms with Crippen molar-refractivity contribution in [3.05, 3.63) is 81.5 Å². The van der Waals surface area contributed by atoms with E-state index in [0.717, 1.165) is 37.3 Å². The number of aryl methyl sites for hydroxylation is 1. The highest BCUT2D eigenvalue weighted by molar-refractivity contribution is 5.33. The summed E-state index contributed by atoms with van der Waals surface area (Å²) in [6, 6.07) is 7.75. The van der Waals surface area contributed by atoms with E-state index in [1.807, 2.05) is 19.9 Å². The third-order valence-corrected chi connectivity index (χ3v) is 6.87. The van der Waals surface area contributed by atoms with E-state index in [-0.39, 0.29) is 30.1 Å². The first kappa shape index (κ1) is 24.4. The lowest BCUT2D eigenvalue weighted by atomic mass is 10.1. The predicted octanol–water partition coefficient (Wildman–Crippen LogP) is 5.10. The van der Waals surface area contributed by atoms with Crippen LogP contribution >= 0.6 is 0 Å². The molecule has 1 saturated carbocycles. The van der Waals surface area contributed by atoms with Gasteiger partial charge in [0.1, 0.15) is 19.0 Å². The number of ether oxygens (including phenoxy) is 3. The Bertz CT molecular complexity index is 1250. The lowest BCUT2D eigenvalue weighted by molar-refractivity contribution is -0.0117. The molecule has 1 aliphatic carbocycles. The summed E-state index contributed by atoms with van der Waals surface area (Å²) in [4.78, 5) is 21.8. The minimum Gasteiger partial charge on any atom is -0.488 e. The van der Waals surface area contributed by atoms with Crippen LogP contribution in [0.3, 0.4) is 0 Å². The molecule has 2 aromatic heterocycles. The summed E-state index contributed by atoms with van der Waals surface area (Å²) in [6.45, 7) is 5.01. The molecule has 190 valence electrons. The summed E-state index contributed by atoms with van der Waals surface area (Å²) in [5.41, 5.74) is 2.92. The van der Waals surface area contributed by atoms with Gasteiger partial charge in [0.25, 0.3) is 5.56 Å². The Morgan fingerprint density at radius 2 is 1.97 bits per heavy atom. The van der Waals surface area contributed by atoms with Gasteiger partial charge in [-0.1, -0.05) is 6.07 Å². The van der Waals surface area contributed by atoms with Crippen LogP contribution in [0.2, 0.25) is 0 Å². The van der Waals surface area contributed by atoms with Gasteiger partial charge in [-0.3, -0.25) is 14.8 Å². The van der Waals surface area contributed by atoms with Crippen LogP contribution in [-0.2, 0) is 11.3 Å². The molecule has 7 nitrogen and oxygen atoms in total. The minimum absolute atomic E-state index is 0.00727.